The Morgan fingerprint density at radius 3 is 2.45 bits per heavy atom. The Morgan fingerprint density at radius 1 is 1.64 bits per heavy atom. The first-order valence-corrected chi connectivity index (χ1v) is 4.58. The number of rotatable bonds is 2. The van der Waals surface area contributed by atoms with Crippen molar-refractivity contribution in [2.75, 3.05) is 0 Å². The van der Waals surface area contributed by atoms with E-state index in [2.05, 4.69) is 31.8 Å². The van der Waals surface area contributed by atoms with Crippen molar-refractivity contribution in [3.05, 3.63) is 0 Å². The molecule has 0 aromatic rings. The van der Waals surface area contributed by atoms with Crippen LogP contribution in [0.5, 0.6) is 0 Å². The largest absolute Gasteiger partial charge is 0.392 e. The van der Waals surface area contributed by atoms with Crippen LogP contribution in [0.1, 0.15) is 27.2 Å². The topological polar surface area (TPSA) is 32.3 Å². The summed E-state index contributed by atoms with van der Waals surface area (Å²) >= 11 is 4.24. The zero-order valence-electron chi connectivity index (χ0n) is 7.33. The molecule has 1 fully saturated rings. The van der Waals surface area contributed by atoms with Gasteiger partial charge in [0, 0.05) is 16.8 Å². The van der Waals surface area contributed by atoms with Crippen LogP contribution in [0.25, 0.3) is 0 Å². The lowest BCUT2D eigenvalue weighted by molar-refractivity contribution is -0.0726. The van der Waals surface area contributed by atoms with E-state index in [0.717, 1.165) is 6.42 Å². The molecule has 0 bridgehead atoms. The van der Waals surface area contributed by atoms with Crippen molar-refractivity contribution in [2.45, 2.75) is 44.7 Å². The Hall–Kier alpha value is 0.270. The minimum Gasteiger partial charge on any atom is -0.392 e. The predicted octanol–water partition coefficient (Wildman–Crippen LogP) is 1.01. The third kappa shape index (κ3) is 1.71. The number of hydrogen-bond donors (Lipinski definition) is 3. The molecule has 0 aliphatic heterocycles. The standard InChI is InChI=1S/C8H17NOS/c1-5(11)9-6-4-7(10)8(6,2)3/h5-7,9-11H,4H2,1-3H3/t5?,6-,7-/m0/s1. The lowest BCUT2D eigenvalue weighted by atomic mass is 9.64. The highest BCUT2D eigenvalue weighted by Gasteiger charge is 2.47. The molecule has 1 saturated carbocycles. The van der Waals surface area contributed by atoms with Gasteiger partial charge >= 0.3 is 0 Å². The Kier molecular flexibility index (Phi) is 2.52. The predicted molar refractivity (Wildman–Crippen MR) is 49.8 cm³/mol. The smallest absolute Gasteiger partial charge is 0.0621 e. The molecular weight excluding hydrogens is 158 g/mol. The third-order valence-corrected chi connectivity index (χ3v) is 2.81. The Balaban J connectivity index is 2.40. The molecule has 1 aliphatic carbocycles. The number of thiol groups is 1. The summed E-state index contributed by atoms with van der Waals surface area (Å²) in [5, 5.41) is 12.9. The molecule has 0 heterocycles. The van der Waals surface area contributed by atoms with Crippen LogP contribution in [-0.4, -0.2) is 22.6 Å². The summed E-state index contributed by atoms with van der Waals surface area (Å²) in [5.41, 5.74) is 0.0248. The van der Waals surface area contributed by atoms with Crippen molar-refractivity contribution in [1.29, 1.82) is 0 Å². The highest BCUT2D eigenvalue weighted by Crippen LogP contribution is 2.40. The summed E-state index contributed by atoms with van der Waals surface area (Å²) in [7, 11) is 0. The maximum Gasteiger partial charge on any atom is 0.0621 e. The van der Waals surface area contributed by atoms with Gasteiger partial charge in [0.15, 0.2) is 0 Å². The van der Waals surface area contributed by atoms with Crippen LogP contribution in [0.2, 0.25) is 0 Å². The van der Waals surface area contributed by atoms with Crippen molar-refractivity contribution in [3.8, 4) is 0 Å². The van der Waals surface area contributed by atoms with E-state index in [0.29, 0.717) is 6.04 Å². The van der Waals surface area contributed by atoms with Crippen LogP contribution in [0.3, 0.4) is 0 Å². The Bertz CT molecular complexity index is 147. The molecule has 0 radical (unpaired) electrons. The van der Waals surface area contributed by atoms with Gasteiger partial charge in [0.2, 0.25) is 0 Å². The molecule has 1 aliphatic rings. The molecule has 2 nitrogen and oxygen atoms in total. The van der Waals surface area contributed by atoms with Gasteiger partial charge in [-0.1, -0.05) is 13.8 Å². The average molecular weight is 175 g/mol. The van der Waals surface area contributed by atoms with Crippen LogP contribution < -0.4 is 5.32 Å². The lowest BCUT2D eigenvalue weighted by Gasteiger charge is -2.50. The lowest BCUT2D eigenvalue weighted by Crippen LogP contribution is -2.60. The first kappa shape index (κ1) is 9.36. The number of aliphatic hydroxyl groups is 1. The first-order chi connectivity index (χ1) is 4.94. The van der Waals surface area contributed by atoms with Gasteiger partial charge in [-0.3, -0.25) is 0 Å². The highest BCUT2D eigenvalue weighted by atomic mass is 32.1. The van der Waals surface area contributed by atoms with E-state index in [-0.39, 0.29) is 16.9 Å². The molecule has 3 heteroatoms. The van der Waals surface area contributed by atoms with Gasteiger partial charge in [0.05, 0.1) is 6.10 Å². The van der Waals surface area contributed by atoms with E-state index >= 15 is 0 Å². The van der Waals surface area contributed by atoms with E-state index < -0.39 is 0 Å². The van der Waals surface area contributed by atoms with Gasteiger partial charge in [-0.2, -0.15) is 12.6 Å². The van der Waals surface area contributed by atoms with Gasteiger partial charge in [0.1, 0.15) is 0 Å². The SMILES string of the molecule is CC(S)N[C@H]1C[C@H](O)C1(C)C. The molecule has 0 spiro atoms. The summed E-state index contributed by atoms with van der Waals surface area (Å²) in [6.45, 7) is 6.16. The summed E-state index contributed by atoms with van der Waals surface area (Å²) in [6, 6.07) is 0.421. The van der Waals surface area contributed by atoms with Gasteiger partial charge in [0.25, 0.3) is 0 Å². The Morgan fingerprint density at radius 2 is 2.18 bits per heavy atom. The van der Waals surface area contributed by atoms with Crippen molar-refractivity contribution in [1.82, 2.24) is 5.32 Å². The maximum absolute atomic E-state index is 9.39. The van der Waals surface area contributed by atoms with Crippen LogP contribution in [0.15, 0.2) is 0 Å². The second-order valence-electron chi connectivity index (χ2n) is 3.97. The molecule has 0 amide bonds. The fourth-order valence-corrected chi connectivity index (χ4v) is 1.66. The monoisotopic (exact) mass is 175 g/mol. The fourth-order valence-electron chi connectivity index (χ4n) is 1.48. The number of aliphatic hydroxyl groups excluding tert-OH is 1. The third-order valence-electron chi connectivity index (χ3n) is 2.66. The van der Waals surface area contributed by atoms with Gasteiger partial charge in [-0.05, 0) is 13.3 Å². The molecule has 11 heavy (non-hydrogen) atoms. The minimum absolute atomic E-state index is 0.0248. The van der Waals surface area contributed by atoms with Crippen LogP contribution in [-0.2, 0) is 0 Å². The quantitative estimate of drug-likeness (QED) is 0.432. The zero-order chi connectivity index (χ0) is 8.65. The fraction of sp³-hybridized carbons (Fsp3) is 1.00. The van der Waals surface area contributed by atoms with Crippen LogP contribution in [0.4, 0.5) is 0 Å². The molecule has 0 saturated heterocycles. The van der Waals surface area contributed by atoms with Gasteiger partial charge in [-0.15, -0.1) is 0 Å². The first-order valence-electron chi connectivity index (χ1n) is 4.06. The average Bonchev–Trinajstić information content (AvgIpc) is 1.87. The number of hydrogen-bond acceptors (Lipinski definition) is 3. The number of nitrogens with one attached hydrogen (secondary N) is 1. The van der Waals surface area contributed by atoms with Crippen molar-refractivity contribution >= 4 is 12.6 Å². The van der Waals surface area contributed by atoms with E-state index in [9.17, 15) is 5.11 Å². The molecule has 0 aromatic heterocycles. The van der Waals surface area contributed by atoms with E-state index in [1.54, 1.807) is 0 Å². The van der Waals surface area contributed by atoms with Crippen LogP contribution >= 0.6 is 12.6 Å². The summed E-state index contributed by atoms with van der Waals surface area (Å²) in [5.74, 6) is 0. The second kappa shape index (κ2) is 2.96. The van der Waals surface area contributed by atoms with Crippen molar-refractivity contribution < 1.29 is 5.11 Å². The maximum atomic E-state index is 9.39. The van der Waals surface area contributed by atoms with Crippen LogP contribution in [0, 0.1) is 5.41 Å². The van der Waals surface area contributed by atoms with E-state index in [4.69, 9.17) is 0 Å². The van der Waals surface area contributed by atoms with Gasteiger partial charge < -0.3 is 10.4 Å². The van der Waals surface area contributed by atoms with E-state index in [1.165, 1.54) is 0 Å². The molecule has 1 unspecified atom stereocenters. The molecule has 0 aromatic carbocycles. The highest BCUT2D eigenvalue weighted by molar-refractivity contribution is 7.80. The molecule has 3 atom stereocenters. The normalized spacial score (nSPS) is 37.9. The molecule has 2 N–H and O–H groups in total. The summed E-state index contributed by atoms with van der Waals surface area (Å²) in [4.78, 5) is 0. The zero-order valence-corrected chi connectivity index (χ0v) is 8.23. The summed E-state index contributed by atoms with van der Waals surface area (Å²) < 4.78 is 0. The minimum atomic E-state index is -0.146. The molecule has 66 valence electrons. The van der Waals surface area contributed by atoms with Gasteiger partial charge in [-0.25, -0.2) is 0 Å². The van der Waals surface area contributed by atoms with Crippen molar-refractivity contribution in [3.63, 3.8) is 0 Å². The van der Waals surface area contributed by atoms with E-state index in [1.807, 2.05) is 6.92 Å². The Labute approximate surface area is 73.8 Å². The molecular formula is C8H17NOS. The van der Waals surface area contributed by atoms with Crippen molar-refractivity contribution in [2.24, 2.45) is 5.41 Å². The molecule has 1 rings (SSSR count). The second-order valence-corrected chi connectivity index (χ2v) is 4.74. The summed E-state index contributed by atoms with van der Waals surface area (Å²) in [6.07, 6.45) is 0.713.